The summed E-state index contributed by atoms with van der Waals surface area (Å²) in [5, 5.41) is 13.5. The third-order valence-electron chi connectivity index (χ3n) is 4.03. The number of nitrogens with zero attached hydrogens (tertiary/aromatic N) is 1. The van der Waals surface area contributed by atoms with Gasteiger partial charge in [-0.05, 0) is 31.7 Å². The highest BCUT2D eigenvalue weighted by atomic mass is 35.5. The molecule has 104 valence electrons. The second-order valence-corrected chi connectivity index (χ2v) is 6.05. The maximum Gasteiger partial charge on any atom is 0.268 e. The van der Waals surface area contributed by atoms with Crippen molar-refractivity contribution < 1.29 is 9.90 Å². The number of aliphatic hydroxyl groups is 1. The van der Waals surface area contributed by atoms with Crippen molar-refractivity contribution in [1.29, 1.82) is 0 Å². The number of hydrogen-bond donors (Lipinski definition) is 2. The van der Waals surface area contributed by atoms with Gasteiger partial charge in [-0.2, -0.15) is 0 Å². The largest absolute Gasteiger partial charge is 0.391 e. The fraction of sp³-hybridized carbons (Fsp3) is 0.643. The lowest BCUT2D eigenvalue weighted by Gasteiger charge is -2.28. The zero-order chi connectivity index (χ0) is 13.4. The van der Waals surface area contributed by atoms with Crippen LogP contribution in [0.4, 0.5) is 0 Å². The normalized spacial score (nSPS) is 27.3. The van der Waals surface area contributed by atoms with Crippen LogP contribution >= 0.6 is 11.6 Å². The highest BCUT2D eigenvalue weighted by Crippen LogP contribution is 2.37. The van der Waals surface area contributed by atoms with E-state index in [1.807, 2.05) is 10.8 Å². The quantitative estimate of drug-likeness (QED) is 0.895. The van der Waals surface area contributed by atoms with Crippen LogP contribution in [0.15, 0.2) is 12.3 Å². The summed E-state index contributed by atoms with van der Waals surface area (Å²) >= 11 is 6.00. The number of hydrogen-bond acceptors (Lipinski definition) is 2. The molecule has 19 heavy (non-hydrogen) atoms. The monoisotopic (exact) mass is 282 g/mol. The lowest BCUT2D eigenvalue weighted by molar-refractivity contribution is 0.0710. The predicted molar refractivity (Wildman–Crippen MR) is 73.4 cm³/mol. The van der Waals surface area contributed by atoms with Gasteiger partial charge >= 0.3 is 0 Å². The van der Waals surface area contributed by atoms with E-state index in [-0.39, 0.29) is 11.9 Å². The number of aromatic nitrogens is 1. The van der Waals surface area contributed by atoms with Gasteiger partial charge in [0.2, 0.25) is 0 Å². The zero-order valence-electron chi connectivity index (χ0n) is 10.8. The van der Waals surface area contributed by atoms with Gasteiger partial charge in [-0.1, -0.05) is 24.4 Å². The van der Waals surface area contributed by atoms with Gasteiger partial charge in [-0.15, -0.1) is 0 Å². The van der Waals surface area contributed by atoms with Gasteiger partial charge in [0, 0.05) is 12.2 Å². The standard InChI is InChI=1S/C14H19ClN2O2/c15-9-7-12(17(8-9)10-5-6-10)14(19)16-11-3-1-2-4-13(11)18/h7-8,10-11,13,18H,1-6H2,(H,16,19)/t11-,13-/m1/s1. The molecule has 1 aromatic rings. The fourth-order valence-corrected chi connectivity index (χ4v) is 3.01. The molecule has 2 aliphatic carbocycles. The Labute approximate surface area is 117 Å². The summed E-state index contributed by atoms with van der Waals surface area (Å²) in [6, 6.07) is 2.01. The van der Waals surface area contributed by atoms with E-state index in [4.69, 9.17) is 11.6 Å². The third kappa shape index (κ3) is 2.79. The molecule has 1 aromatic heterocycles. The van der Waals surface area contributed by atoms with Crippen molar-refractivity contribution in [3.05, 3.63) is 23.0 Å². The second kappa shape index (κ2) is 5.17. The molecule has 2 N–H and O–H groups in total. The molecule has 4 nitrogen and oxygen atoms in total. The number of aliphatic hydroxyl groups excluding tert-OH is 1. The lowest BCUT2D eigenvalue weighted by Crippen LogP contribution is -2.45. The average molecular weight is 283 g/mol. The Morgan fingerprint density at radius 3 is 2.74 bits per heavy atom. The summed E-state index contributed by atoms with van der Waals surface area (Å²) in [7, 11) is 0. The van der Waals surface area contributed by atoms with Crippen LogP contribution in [0.1, 0.15) is 55.1 Å². The molecule has 0 bridgehead atoms. The van der Waals surface area contributed by atoms with Crippen LogP contribution in [0.5, 0.6) is 0 Å². The third-order valence-corrected chi connectivity index (χ3v) is 4.24. The van der Waals surface area contributed by atoms with Gasteiger partial charge in [0.15, 0.2) is 0 Å². The molecular formula is C14H19ClN2O2. The van der Waals surface area contributed by atoms with E-state index in [9.17, 15) is 9.90 Å². The summed E-state index contributed by atoms with van der Waals surface area (Å²) in [5.74, 6) is -0.121. The maximum atomic E-state index is 12.3. The minimum atomic E-state index is -0.419. The molecule has 2 aliphatic rings. The van der Waals surface area contributed by atoms with Crippen molar-refractivity contribution in [1.82, 2.24) is 9.88 Å². The molecule has 0 aromatic carbocycles. The van der Waals surface area contributed by atoms with Crippen LogP contribution in [0.3, 0.4) is 0 Å². The van der Waals surface area contributed by atoms with Crippen molar-refractivity contribution >= 4 is 17.5 Å². The van der Waals surface area contributed by atoms with Crippen LogP contribution < -0.4 is 5.32 Å². The smallest absolute Gasteiger partial charge is 0.268 e. The minimum absolute atomic E-state index is 0.121. The molecule has 1 amide bonds. The van der Waals surface area contributed by atoms with Gasteiger partial charge < -0.3 is 15.0 Å². The van der Waals surface area contributed by atoms with Crippen molar-refractivity contribution in [3.63, 3.8) is 0 Å². The number of carbonyl (C=O) groups excluding carboxylic acids is 1. The summed E-state index contributed by atoms with van der Waals surface area (Å²) in [6.45, 7) is 0. The number of rotatable bonds is 3. The fourth-order valence-electron chi connectivity index (χ4n) is 2.80. The van der Waals surface area contributed by atoms with Crippen molar-refractivity contribution in [2.24, 2.45) is 0 Å². The van der Waals surface area contributed by atoms with E-state index >= 15 is 0 Å². The number of nitrogens with one attached hydrogen (secondary N) is 1. The molecule has 0 unspecified atom stereocenters. The van der Waals surface area contributed by atoms with Gasteiger partial charge in [0.25, 0.3) is 5.91 Å². The molecule has 3 rings (SSSR count). The first kappa shape index (κ1) is 13.0. The van der Waals surface area contributed by atoms with Gasteiger partial charge in [0.05, 0.1) is 17.2 Å². The number of halogens is 1. The predicted octanol–water partition coefficient (Wildman–Crippen LogP) is 2.51. The first-order valence-corrected chi connectivity index (χ1v) is 7.39. The molecule has 2 saturated carbocycles. The second-order valence-electron chi connectivity index (χ2n) is 5.61. The van der Waals surface area contributed by atoms with E-state index in [0.29, 0.717) is 16.8 Å². The highest BCUT2D eigenvalue weighted by molar-refractivity contribution is 6.31. The first-order valence-electron chi connectivity index (χ1n) is 7.01. The highest BCUT2D eigenvalue weighted by Gasteiger charge is 2.30. The topological polar surface area (TPSA) is 54.3 Å². The van der Waals surface area contributed by atoms with Crippen molar-refractivity contribution in [2.75, 3.05) is 0 Å². The lowest BCUT2D eigenvalue weighted by atomic mass is 9.92. The van der Waals surface area contributed by atoms with Crippen LogP contribution in [-0.4, -0.2) is 27.7 Å². The number of carbonyl (C=O) groups is 1. The molecule has 0 spiro atoms. The summed E-state index contributed by atoms with van der Waals surface area (Å²) in [4.78, 5) is 12.3. The van der Waals surface area contributed by atoms with Crippen LogP contribution in [0.2, 0.25) is 5.02 Å². The average Bonchev–Trinajstić information content (AvgIpc) is 3.15. The summed E-state index contributed by atoms with van der Waals surface area (Å²) in [5.41, 5.74) is 0.616. The Balaban J connectivity index is 1.72. The Morgan fingerprint density at radius 2 is 2.05 bits per heavy atom. The Morgan fingerprint density at radius 1 is 1.32 bits per heavy atom. The minimum Gasteiger partial charge on any atom is -0.391 e. The molecule has 0 radical (unpaired) electrons. The maximum absolute atomic E-state index is 12.3. The molecule has 0 saturated heterocycles. The summed E-state index contributed by atoms with van der Waals surface area (Å²) in [6.07, 6.45) is 7.35. The Kier molecular flexibility index (Phi) is 3.54. The van der Waals surface area contributed by atoms with E-state index in [2.05, 4.69) is 5.32 Å². The Bertz CT molecular complexity index is 482. The van der Waals surface area contributed by atoms with Gasteiger partial charge in [-0.3, -0.25) is 4.79 Å². The first-order chi connectivity index (χ1) is 9.15. The molecular weight excluding hydrogens is 264 g/mol. The number of amides is 1. The van der Waals surface area contributed by atoms with Gasteiger partial charge in [0.1, 0.15) is 5.69 Å². The Hall–Kier alpha value is -1.00. The molecule has 2 fully saturated rings. The van der Waals surface area contributed by atoms with E-state index in [1.54, 1.807) is 6.07 Å². The van der Waals surface area contributed by atoms with Crippen molar-refractivity contribution in [3.8, 4) is 0 Å². The molecule has 2 atom stereocenters. The van der Waals surface area contributed by atoms with Crippen molar-refractivity contribution in [2.45, 2.75) is 56.7 Å². The van der Waals surface area contributed by atoms with E-state index in [1.165, 1.54) is 0 Å². The van der Waals surface area contributed by atoms with Crippen LogP contribution in [0.25, 0.3) is 0 Å². The van der Waals surface area contributed by atoms with Crippen LogP contribution in [-0.2, 0) is 0 Å². The van der Waals surface area contributed by atoms with E-state index in [0.717, 1.165) is 38.5 Å². The summed E-state index contributed by atoms with van der Waals surface area (Å²) < 4.78 is 1.97. The van der Waals surface area contributed by atoms with Gasteiger partial charge in [-0.25, -0.2) is 0 Å². The zero-order valence-corrected chi connectivity index (χ0v) is 11.6. The molecule has 0 aliphatic heterocycles. The SMILES string of the molecule is O=C(N[C@@H]1CCCC[C@H]1O)c1cc(Cl)cn1C1CC1. The van der Waals surface area contributed by atoms with E-state index < -0.39 is 6.10 Å². The van der Waals surface area contributed by atoms with Crippen LogP contribution in [0, 0.1) is 0 Å². The molecule has 5 heteroatoms. The molecule has 1 heterocycles.